The van der Waals surface area contributed by atoms with Crippen molar-refractivity contribution < 1.29 is 33.7 Å². The standard InChI is InChI=1S/C34H56O7/c1-20(10-11-21(2)31(6,7)41-24(5)37)27-12-13-28-26-18-30(40-23(4)36)34(38)19-25(39-22(3)35)14-17-33(34,9)29(26)15-16-32(27,28)8/h20-21,25-30,38H,10-19H2,1-9H3. The predicted molar refractivity (Wildman–Crippen MR) is 157 cm³/mol. The molecule has 4 fully saturated rings. The number of rotatable bonds is 8. The summed E-state index contributed by atoms with van der Waals surface area (Å²) in [6.07, 6.45) is 8.31. The summed E-state index contributed by atoms with van der Waals surface area (Å²) in [7, 11) is 0. The van der Waals surface area contributed by atoms with E-state index < -0.39 is 22.7 Å². The highest BCUT2D eigenvalue weighted by atomic mass is 16.6. The van der Waals surface area contributed by atoms with E-state index >= 15 is 0 Å². The molecule has 41 heavy (non-hydrogen) atoms. The summed E-state index contributed by atoms with van der Waals surface area (Å²) in [5.41, 5.74) is -1.85. The molecule has 0 aromatic rings. The fourth-order valence-electron chi connectivity index (χ4n) is 10.4. The molecule has 4 aliphatic carbocycles. The molecule has 0 saturated heterocycles. The van der Waals surface area contributed by atoms with E-state index in [2.05, 4.69) is 27.7 Å². The third kappa shape index (κ3) is 5.82. The van der Waals surface area contributed by atoms with Gasteiger partial charge in [-0.3, -0.25) is 14.4 Å². The molecule has 0 amide bonds. The highest BCUT2D eigenvalue weighted by molar-refractivity contribution is 5.67. The number of fused-ring (bicyclic) bond motifs is 5. The maximum Gasteiger partial charge on any atom is 0.303 e. The number of esters is 3. The van der Waals surface area contributed by atoms with Crippen molar-refractivity contribution in [3.63, 3.8) is 0 Å². The molecule has 7 heteroatoms. The quantitative estimate of drug-likeness (QED) is 0.256. The molecule has 0 bridgehead atoms. The summed E-state index contributed by atoms with van der Waals surface area (Å²) in [6.45, 7) is 17.7. The van der Waals surface area contributed by atoms with E-state index in [1.165, 1.54) is 33.6 Å². The number of carbonyl (C=O) groups is 3. The number of hydrogen-bond donors (Lipinski definition) is 1. The second-order valence-corrected chi connectivity index (χ2v) is 15.4. The Labute approximate surface area is 247 Å². The van der Waals surface area contributed by atoms with Crippen LogP contribution in [0.25, 0.3) is 0 Å². The topological polar surface area (TPSA) is 99.1 Å². The molecule has 4 saturated carbocycles. The van der Waals surface area contributed by atoms with Crippen molar-refractivity contribution in [2.45, 2.75) is 150 Å². The lowest BCUT2D eigenvalue weighted by Crippen LogP contribution is -2.69. The summed E-state index contributed by atoms with van der Waals surface area (Å²) in [6, 6.07) is 0. The van der Waals surface area contributed by atoms with Gasteiger partial charge in [-0.05, 0) is 106 Å². The molecule has 0 heterocycles. The minimum absolute atomic E-state index is 0.219. The van der Waals surface area contributed by atoms with Crippen LogP contribution in [0, 0.1) is 46.3 Å². The van der Waals surface area contributed by atoms with Gasteiger partial charge in [-0.25, -0.2) is 0 Å². The van der Waals surface area contributed by atoms with Gasteiger partial charge < -0.3 is 19.3 Å². The second-order valence-electron chi connectivity index (χ2n) is 15.4. The predicted octanol–water partition coefficient (Wildman–Crippen LogP) is 6.63. The second kappa shape index (κ2) is 11.5. The molecule has 1 N–H and O–H groups in total. The van der Waals surface area contributed by atoms with Crippen molar-refractivity contribution in [2.75, 3.05) is 0 Å². The van der Waals surface area contributed by atoms with Crippen LogP contribution in [-0.4, -0.2) is 46.4 Å². The van der Waals surface area contributed by atoms with Crippen molar-refractivity contribution in [3.05, 3.63) is 0 Å². The van der Waals surface area contributed by atoms with Crippen molar-refractivity contribution in [1.82, 2.24) is 0 Å². The highest BCUT2D eigenvalue weighted by Crippen LogP contribution is 2.69. The zero-order chi connectivity index (χ0) is 30.5. The molecule has 11 unspecified atom stereocenters. The van der Waals surface area contributed by atoms with Gasteiger partial charge >= 0.3 is 17.9 Å². The average molecular weight is 577 g/mol. The molecule has 234 valence electrons. The molecule has 0 aromatic heterocycles. The first-order valence-electron chi connectivity index (χ1n) is 16.2. The van der Waals surface area contributed by atoms with E-state index in [9.17, 15) is 19.5 Å². The molecule has 4 aliphatic rings. The minimum atomic E-state index is -1.21. The van der Waals surface area contributed by atoms with Crippen LogP contribution in [0.1, 0.15) is 127 Å². The van der Waals surface area contributed by atoms with Crippen LogP contribution in [0.4, 0.5) is 0 Å². The number of carbonyl (C=O) groups excluding carboxylic acids is 3. The fraction of sp³-hybridized carbons (Fsp3) is 0.912. The Kier molecular flexibility index (Phi) is 9.03. The average Bonchev–Trinajstić information content (AvgIpc) is 3.20. The Morgan fingerprint density at radius 3 is 2.15 bits per heavy atom. The monoisotopic (exact) mass is 576 g/mol. The van der Waals surface area contributed by atoms with Gasteiger partial charge in [0.05, 0.1) is 0 Å². The van der Waals surface area contributed by atoms with Crippen LogP contribution in [0.2, 0.25) is 0 Å². The lowest BCUT2D eigenvalue weighted by atomic mass is 9.42. The van der Waals surface area contributed by atoms with Crippen molar-refractivity contribution in [2.24, 2.45) is 46.3 Å². The third-order valence-corrected chi connectivity index (χ3v) is 12.8. The Morgan fingerprint density at radius 2 is 1.54 bits per heavy atom. The fourth-order valence-corrected chi connectivity index (χ4v) is 10.4. The largest absolute Gasteiger partial charge is 0.462 e. The summed E-state index contributed by atoms with van der Waals surface area (Å²) in [5.74, 6) is 1.84. The zero-order valence-electron chi connectivity index (χ0n) is 27.1. The first-order valence-corrected chi connectivity index (χ1v) is 16.2. The van der Waals surface area contributed by atoms with Crippen LogP contribution < -0.4 is 0 Å². The molecule has 7 nitrogen and oxygen atoms in total. The summed E-state index contributed by atoms with van der Waals surface area (Å²) < 4.78 is 17.2. The van der Waals surface area contributed by atoms with Crippen molar-refractivity contribution >= 4 is 17.9 Å². The van der Waals surface area contributed by atoms with Gasteiger partial charge in [-0.2, -0.15) is 0 Å². The Morgan fingerprint density at radius 1 is 0.878 bits per heavy atom. The first kappa shape index (κ1) is 32.3. The van der Waals surface area contributed by atoms with Gasteiger partial charge in [-0.1, -0.05) is 34.1 Å². The molecule has 4 rings (SSSR count). The molecule has 0 radical (unpaired) electrons. The van der Waals surface area contributed by atoms with Crippen LogP contribution in [0.15, 0.2) is 0 Å². The maximum absolute atomic E-state index is 12.4. The molecule has 0 aliphatic heterocycles. The lowest BCUT2D eigenvalue weighted by Gasteiger charge is -2.65. The van der Waals surface area contributed by atoms with Gasteiger partial charge in [-0.15, -0.1) is 0 Å². The van der Waals surface area contributed by atoms with Gasteiger partial charge in [0, 0.05) is 32.6 Å². The van der Waals surface area contributed by atoms with Crippen LogP contribution >= 0.6 is 0 Å². The molecular formula is C34H56O7. The van der Waals surface area contributed by atoms with Gasteiger partial charge in [0.1, 0.15) is 23.4 Å². The maximum atomic E-state index is 12.4. The van der Waals surface area contributed by atoms with Crippen molar-refractivity contribution in [1.29, 1.82) is 0 Å². The lowest BCUT2D eigenvalue weighted by molar-refractivity contribution is -0.271. The van der Waals surface area contributed by atoms with E-state index in [0.717, 1.165) is 38.5 Å². The molecule has 0 spiro atoms. The Bertz CT molecular complexity index is 1010. The highest BCUT2D eigenvalue weighted by Gasteiger charge is 2.69. The normalized spacial score (nSPS) is 41.7. The summed E-state index contributed by atoms with van der Waals surface area (Å²) >= 11 is 0. The van der Waals surface area contributed by atoms with Crippen LogP contribution in [-0.2, 0) is 28.6 Å². The van der Waals surface area contributed by atoms with E-state index in [1.54, 1.807) is 0 Å². The summed E-state index contributed by atoms with van der Waals surface area (Å²) in [5, 5.41) is 12.4. The molecular weight excluding hydrogens is 520 g/mol. The Balaban J connectivity index is 1.53. The SMILES string of the molecule is CC(=O)OC1CCC2(C)C3CCC4(C)C(C(C)CCC(C)C(C)(C)OC(C)=O)CCC4C3CC(OC(C)=O)C2(O)C1. The minimum Gasteiger partial charge on any atom is -0.462 e. The summed E-state index contributed by atoms with van der Waals surface area (Å²) in [4.78, 5) is 35.7. The van der Waals surface area contributed by atoms with Gasteiger partial charge in [0.15, 0.2) is 0 Å². The van der Waals surface area contributed by atoms with E-state index in [4.69, 9.17) is 14.2 Å². The van der Waals surface area contributed by atoms with Crippen LogP contribution in [0.5, 0.6) is 0 Å². The van der Waals surface area contributed by atoms with E-state index in [1.807, 2.05) is 13.8 Å². The van der Waals surface area contributed by atoms with E-state index in [0.29, 0.717) is 42.4 Å². The van der Waals surface area contributed by atoms with Crippen LogP contribution in [0.3, 0.4) is 0 Å². The zero-order valence-corrected chi connectivity index (χ0v) is 27.1. The number of aliphatic hydroxyl groups is 1. The molecule has 11 atom stereocenters. The van der Waals surface area contributed by atoms with Gasteiger partial charge in [0.2, 0.25) is 0 Å². The third-order valence-electron chi connectivity index (χ3n) is 12.8. The first-order chi connectivity index (χ1) is 18.9. The smallest absolute Gasteiger partial charge is 0.303 e. The van der Waals surface area contributed by atoms with E-state index in [-0.39, 0.29) is 35.3 Å². The van der Waals surface area contributed by atoms with Crippen molar-refractivity contribution in [3.8, 4) is 0 Å². The molecule has 0 aromatic carbocycles. The van der Waals surface area contributed by atoms with Gasteiger partial charge in [0.25, 0.3) is 0 Å². The number of ether oxygens (including phenoxy) is 3. The number of hydrogen-bond acceptors (Lipinski definition) is 7. The Hall–Kier alpha value is -1.63.